The molecular weight excluding hydrogens is 539 g/mol. The van der Waals surface area contributed by atoms with Gasteiger partial charge in [0.15, 0.2) is 5.96 Å². The summed E-state index contributed by atoms with van der Waals surface area (Å²) in [6, 6.07) is 18.7. The number of carbonyl (C=O) groups excluding carboxylic acids is 1. The molecule has 7 nitrogen and oxygen atoms in total. The molecule has 1 amide bonds. The van der Waals surface area contributed by atoms with Crippen LogP contribution in [0, 0.1) is 0 Å². The predicted molar refractivity (Wildman–Crippen MR) is 147 cm³/mol. The van der Waals surface area contributed by atoms with E-state index in [1.54, 1.807) is 6.20 Å². The summed E-state index contributed by atoms with van der Waals surface area (Å²) < 4.78 is 1.86. The zero-order valence-electron chi connectivity index (χ0n) is 19.6. The molecule has 2 aromatic carbocycles. The van der Waals surface area contributed by atoms with Crippen molar-refractivity contribution in [1.29, 1.82) is 0 Å². The fourth-order valence-corrected chi connectivity index (χ4v) is 3.99. The van der Waals surface area contributed by atoms with Crippen LogP contribution in [0.5, 0.6) is 0 Å². The monoisotopic (exact) mass is 572 g/mol. The summed E-state index contributed by atoms with van der Waals surface area (Å²) >= 11 is 0. The summed E-state index contributed by atoms with van der Waals surface area (Å²) in [5.74, 6) is 1.07. The van der Waals surface area contributed by atoms with E-state index >= 15 is 0 Å². The number of rotatable bonds is 9. The third-order valence-corrected chi connectivity index (χ3v) is 5.71. The number of aliphatic imine (C=N–C) groups is 1. The molecule has 2 N–H and O–H groups in total. The lowest BCUT2D eigenvalue weighted by Crippen LogP contribution is -2.38. The smallest absolute Gasteiger partial charge is 0.222 e. The van der Waals surface area contributed by atoms with Gasteiger partial charge >= 0.3 is 0 Å². The van der Waals surface area contributed by atoms with Crippen molar-refractivity contribution in [3.8, 4) is 5.69 Å². The number of nitrogens with one attached hydrogen (secondary N) is 2. The minimum Gasteiger partial charge on any atom is -0.357 e. The average Bonchev–Trinajstić information content (AvgIpc) is 3.51. The van der Waals surface area contributed by atoms with Crippen LogP contribution in [0.4, 0.5) is 0 Å². The van der Waals surface area contributed by atoms with Crippen LogP contribution >= 0.6 is 24.0 Å². The van der Waals surface area contributed by atoms with Crippen molar-refractivity contribution in [2.24, 2.45) is 4.99 Å². The number of hydrogen-bond acceptors (Lipinski definition) is 3. The number of guanidine groups is 1. The van der Waals surface area contributed by atoms with Crippen LogP contribution in [-0.4, -0.2) is 46.2 Å². The molecule has 0 spiro atoms. The van der Waals surface area contributed by atoms with E-state index in [0.717, 1.165) is 55.2 Å². The van der Waals surface area contributed by atoms with Gasteiger partial charge in [0.05, 0.1) is 12.2 Å². The topological polar surface area (TPSA) is 74.6 Å². The maximum absolute atomic E-state index is 11.9. The number of carbonyl (C=O) groups is 1. The SMILES string of the molecule is CCNC(=NCc1cccc(CN2CCCC2=O)c1)NCCc1ccc(-n2cccn2)cc1.I. The van der Waals surface area contributed by atoms with Gasteiger partial charge in [-0.25, -0.2) is 9.67 Å². The number of aromatic nitrogens is 2. The van der Waals surface area contributed by atoms with E-state index in [2.05, 4.69) is 65.1 Å². The molecule has 0 saturated carbocycles. The Hall–Kier alpha value is -2.88. The van der Waals surface area contributed by atoms with E-state index in [0.29, 0.717) is 19.5 Å². The van der Waals surface area contributed by atoms with E-state index in [1.165, 1.54) is 5.56 Å². The van der Waals surface area contributed by atoms with Crippen LogP contribution in [0.25, 0.3) is 5.69 Å². The Balaban J connectivity index is 0.00000324. The third kappa shape index (κ3) is 7.31. The summed E-state index contributed by atoms with van der Waals surface area (Å²) in [4.78, 5) is 18.6. The number of amides is 1. The van der Waals surface area contributed by atoms with Crippen molar-refractivity contribution in [2.45, 2.75) is 39.3 Å². The van der Waals surface area contributed by atoms with Gasteiger partial charge < -0.3 is 15.5 Å². The average molecular weight is 572 g/mol. The van der Waals surface area contributed by atoms with Crippen molar-refractivity contribution < 1.29 is 4.79 Å². The lowest BCUT2D eigenvalue weighted by molar-refractivity contribution is -0.128. The molecule has 0 aliphatic carbocycles. The summed E-state index contributed by atoms with van der Waals surface area (Å²) in [6.07, 6.45) is 6.27. The Morgan fingerprint density at radius 2 is 1.88 bits per heavy atom. The highest BCUT2D eigenvalue weighted by Crippen LogP contribution is 2.15. The second kappa shape index (κ2) is 13.1. The fraction of sp³-hybridized carbons (Fsp3) is 0.346. The number of nitrogens with zero attached hydrogens (tertiary/aromatic N) is 4. The molecule has 4 rings (SSSR count). The normalized spacial score (nSPS) is 13.6. The zero-order chi connectivity index (χ0) is 22.9. The van der Waals surface area contributed by atoms with Gasteiger partial charge in [-0.05, 0) is 54.7 Å². The minimum absolute atomic E-state index is 0. The van der Waals surface area contributed by atoms with Gasteiger partial charge in [-0.2, -0.15) is 5.10 Å². The highest BCUT2D eigenvalue weighted by atomic mass is 127. The molecule has 1 aliphatic heterocycles. The molecule has 0 atom stereocenters. The van der Waals surface area contributed by atoms with Gasteiger partial charge in [-0.1, -0.05) is 36.4 Å². The Labute approximate surface area is 218 Å². The summed E-state index contributed by atoms with van der Waals surface area (Å²) in [5, 5.41) is 11.0. The van der Waals surface area contributed by atoms with Crippen LogP contribution < -0.4 is 10.6 Å². The molecule has 0 unspecified atom stereocenters. The molecule has 1 saturated heterocycles. The van der Waals surface area contributed by atoms with Crippen LogP contribution in [-0.2, 0) is 24.3 Å². The first-order valence-corrected chi connectivity index (χ1v) is 11.7. The first kappa shape index (κ1) is 25.7. The van der Waals surface area contributed by atoms with Gasteiger partial charge in [0.2, 0.25) is 5.91 Å². The molecule has 1 fully saturated rings. The molecular formula is C26H33IN6O. The minimum atomic E-state index is 0. The van der Waals surface area contributed by atoms with Crippen molar-refractivity contribution in [1.82, 2.24) is 25.3 Å². The largest absolute Gasteiger partial charge is 0.357 e. The van der Waals surface area contributed by atoms with Gasteiger partial charge in [0.25, 0.3) is 0 Å². The van der Waals surface area contributed by atoms with Gasteiger partial charge in [-0.3, -0.25) is 4.79 Å². The van der Waals surface area contributed by atoms with E-state index in [4.69, 9.17) is 4.99 Å². The summed E-state index contributed by atoms with van der Waals surface area (Å²) in [7, 11) is 0. The van der Waals surface area contributed by atoms with Crippen molar-refractivity contribution >= 4 is 35.8 Å². The number of halogens is 1. The van der Waals surface area contributed by atoms with Gasteiger partial charge in [0, 0.05) is 45.0 Å². The standard InChI is InChI=1S/C26H32N6O.HI/c1-2-27-26(28-15-13-21-9-11-24(12-10-21)32-17-5-14-30-32)29-19-22-6-3-7-23(18-22)20-31-16-4-8-25(31)33;/h3,5-7,9-12,14,17-18H,2,4,8,13,15-16,19-20H2,1H3,(H2,27,28,29);1H. The Bertz CT molecular complexity index is 1070. The zero-order valence-corrected chi connectivity index (χ0v) is 21.9. The molecule has 34 heavy (non-hydrogen) atoms. The molecule has 1 aliphatic rings. The lowest BCUT2D eigenvalue weighted by atomic mass is 10.1. The second-order valence-electron chi connectivity index (χ2n) is 8.23. The second-order valence-corrected chi connectivity index (χ2v) is 8.23. The maximum atomic E-state index is 11.9. The number of benzene rings is 2. The molecule has 0 radical (unpaired) electrons. The Morgan fingerprint density at radius 3 is 2.59 bits per heavy atom. The van der Waals surface area contributed by atoms with E-state index in [-0.39, 0.29) is 29.9 Å². The Morgan fingerprint density at radius 1 is 1.06 bits per heavy atom. The number of likely N-dealkylation sites (tertiary alicyclic amines) is 1. The number of hydrogen-bond donors (Lipinski definition) is 2. The van der Waals surface area contributed by atoms with Gasteiger partial charge in [-0.15, -0.1) is 24.0 Å². The molecule has 3 aromatic rings. The van der Waals surface area contributed by atoms with E-state index in [1.807, 2.05) is 27.9 Å². The molecule has 1 aromatic heterocycles. The van der Waals surface area contributed by atoms with Crippen LogP contribution in [0.1, 0.15) is 36.5 Å². The third-order valence-electron chi connectivity index (χ3n) is 5.71. The van der Waals surface area contributed by atoms with Crippen LogP contribution in [0.15, 0.2) is 72.0 Å². The highest BCUT2D eigenvalue weighted by molar-refractivity contribution is 14.0. The molecule has 8 heteroatoms. The van der Waals surface area contributed by atoms with Crippen LogP contribution in [0.3, 0.4) is 0 Å². The van der Waals surface area contributed by atoms with E-state index in [9.17, 15) is 4.79 Å². The van der Waals surface area contributed by atoms with Crippen molar-refractivity contribution in [3.63, 3.8) is 0 Å². The van der Waals surface area contributed by atoms with Crippen molar-refractivity contribution in [2.75, 3.05) is 19.6 Å². The first-order valence-electron chi connectivity index (χ1n) is 11.7. The highest BCUT2D eigenvalue weighted by Gasteiger charge is 2.19. The Kier molecular flexibility index (Phi) is 9.93. The quantitative estimate of drug-likeness (QED) is 0.232. The molecule has 180 valence electrons. The van der Waals surface area contributed by atoms with Crippen LogP contribution in [0.2, 0.25) is 0 Å². The summed E-state index contributed by atoms with van der Waals surface area (Å²) in [5.41, 5.74) is 4.63. The fourth-order valence-electron chi connectivity index (χ4n) is 3.99. The predicted octanol–water partition coefficient (Wildman–Crippen LogP) is 3.91. The van der Waals surface area contributed by atoms with E-state index < -0.39 is 0 Å². The first-order chi connectivity index (χ1) is 16.2. The summed E-state index contributed by atoms with van der Waals surface area (Å²) in [6.45, 7) is 5.82. The lowest BCUT2D eigenvalue weighted by Gasteiger charge is -2.16. The van der Waals surface area contributed by atoms with Crippen molar-refractivity contribution in [3.05, 3.63) is 83.7 Å². The van der Waals surface area contributed by atoms with Gasteiger partial charge in [0.1, 0.15) is 0 Å². The maximum Gasteiger partial charge on any atom is 0.222 e. The molecule has 2 heterocycles. The molecule has 0 bridgehead atoms.